The van der Waals surface area contributed by atoms with Crippen molar-refractivity contribution in [2.75, 3.05) is 32.0 Å². The van der Waals surface area contributed by atoms with Crippen LogP contribution < -0.4 is 16.0 Å². The molecule has 9 heteroatoms. The van der Waals surface area contributed by atoms with Gasteiger partial charge in [-0.25, -0.2) is 4.99 Å². The van der Waals surface area contributed by atoms with E-state index in [-0.39, 0.29) is 12.2 Å². The highest BCUT2D eigenvalue weighted by Gasteiger charge is 2.26. The lowest BCUT2D eigenvalue weighted by Crippen LogP contribution is -2.43. The minimum atomic E-state index is -0.384. The maximum Gasteiger partial charge on any atom is 0.253 e. The van der Waals surface area contributed by atoms with Gasteiger partial charge in [0.2, 0.25) is 0 Å². The first-order valence-electron chi connectivity index (χ1n) is 13.2. The Labute approximate surface area is 232 Å². The van der Waals surface area contributed by atoms with E-state index < -0.39 is 0 Å². The number of fused-ring (bicyclic) bond motifs is 2. The molecule has 1 aromatic heterocycles. The van der Waals surface area contributed by atoms with Crippen molar-refractivity contribution in [3.63, 3.8) is 0 Å². The fourth-order valence-corrected chi connectivity index (χ4v) is 5.43. The summed E-state index contributed by atoms with van der Waals surface area (Å²) in [6.45, 7) is 2.03. The third kappa shape index (κ3) is 5.30. The maximum atomic E-state index is 13.0. The highest BCUT2D eigenvalue weighted by atomic mass is 35.5. The molecule has 2 aromatic carbocycles. The van der Waals surface area contributed by atoms with Crippen LogP contribution in [0.2, 0.25) is 5.02 Å². The number of piperidine rings is 1. The van der Waals surface area contributed by atoms with E-state index in [1.807, 2.05) is 78.8 Å². The van der Waals surface area contributed by atoms with Gasteiger partial charge in [0, 0.05) is 64.5 Å². The number of hydrogen-bond donors (Lipinski definition) is 3. The molecule has 0 bridgehead atoms. The lowest BCUT2D eigenvalue weighted by Gasteiger charge is -2.32. The maximum absolute atomic E-state index is 13.0. The Morgan fingerprint density at radius 1 is 1.05 bits per heavy atom. The average molecular weight is 540 g/mol. The summed E-state index contributed by atoms with van der Waals surface area (Å²) in [5.41, 5.74) is 7.04. The first-order chi connectivity index (χ1) is 19.1. The van der Waals surface area contributed by atoms with Gasteiger partial charge < -0.3 is 20.9 Å². The van der Waals surface area contributed by atoms with Crippen molar-refractivity contribution in [1.29, 1.82) is 0 Å². The molecule has 0 radical (unpaired) electrons. The molecule has 1 saturated heterocycles. The van der Waals surface area contributed by atoms with E-state index in [1.165, 1.54) is 0 Å². The van der Waals surface area contributed by atoms with E-state index >= 15 is 0 Å². The van der Waals surface area contributed by atoms with Crippen LogP contribution in [0, 0.1) is 0 Å². The highest BCUT2D eigenvalue weighted by molar-refractivity contribution is 6.31. The fourth-order valence-electron chi connectivity index (χ4n) is 5.26. The van der Waals surface area contributed by atoms with Gasteiger partial charge in [0.1, 0.15) is 0 Å². The van der Waals surface area contributed by atoms with Crippen molar-refractivity contribution in [3.05, 3.63) is 99.8 Å². The number of carbonyl (C=O) groups excluding carboxylic acids is 1. The molecule has 3 aliphatic rings. The molecule has 0 saturated carbocycles. The van der Waals surface area contributed by atoms with Crippen LogP contribution in [0.4, 0.5) is 5.69 Å². The van der Waals surface area contributed by atoms with E-state index in [4.69, 9.17) is 16.6 Å². The molecule has 0 spiro atoms. The van der Waals surface area contributed by atoms with Crippen molar-refractivity contribution in [2.24, 2.45) is 9.98 Å². The van der Waals surface area contributed by atoms with Crippen LogP contribution in [0.3, 0.4) is 0 Å². The molecule has 3 aromatic rings. The smallest absolute Gasteiger partial charge is 0.253 e. The van der Waals surface area contributed by atoms with Gasteiger partial charge in [-0.15, -0.1) is 0 Å². The zero-order valence-corrected chi connectivity index (χ0v) is 22.4. The third-order valence-electron chi connectivity index (χ3n) is 7.43. The molecule has 4 heterocycles. The summed E-state index contributed by atoms with van der Waals surface area (Å²) in [5, 5.41) is 10.9. The van der Waals surface area contributed by atoms with E-state index in [1.54, 1.807) is 6.20 Å². The first kappa shape index (κ1) is 25.3. The molecule has 6 rings (SSSR count). The first-order valence-corrected chi connectivity index (χ1v) is 13.6. The highest BCUT2D eigenvalue weighted by Crippen LogP contribution is 2.30. The van der Waals surface area contributed by atoms with E-state index in [0.717, 1.165) is 65.4 Å². The van der Waals surface area contributed by atoms with Crippen molar-refractivity contribution >= 4 is 40.8 Å². The minimum Gasteiger partial charge on any atom is -0.347 e. The monoisotopic (exact) mass is 539 g/mol. The van der Waals surface area contributed by atoms with E-state index in [0.29, 0.717) is 23.2 Å². The van der Waals surface area contributed by atoms with Gasteiger partial charge in [0.25, 0.3) is 5.91 Å². The molecule has 1 fully saturated rings. The number of aliphatic imine (C=N–C) groups is 2. The summed E-state index contributed by atoms with van der Waals surface area (Å²) in [4.78, 5) is 29.0. The number of carbonyl (C=O) groups is 1. The Bertz CT molecular complexity index is 1460. The van der Waals surface area contributed by atoms with Gasteiger partial charge in [-0.1, -0.05) is 23.7 Å². The molecule has 1 atom stereocenters. The summed E-state index contributed by atoms with van der Waals surface area (Å²) in [6.07, 6.45) is 5.22. The van der Waals surface area contributed by atoms with E-state index in [9.17, 15) is 4.79 Å². The van der Waals surface area contributed by atoms with Gasteiger partial charge in [0.05, 0.1) is 23.6 Å². The largest absolute Gasteiger partial charge is 0.347 e. The number of anilines is 1. The molecule has 3 aliphatic heterocycles. The number of hydrogen-bond acceptors (Lipinski definition) is 7. The fraction of sp³-hybridized carbons (Fsp3) is 0.267. The van der Waals surface area contributed by atoms with Crippen molar-refractivity contribution in [2.45, 2.75) is 25.2 Å². The summed E-state index contributed by atoms with van der Waals surface area (Å²) >= 11 is 6.41. The van der Waals surface area contributed by atoms with Crippen LogP contribution in [0.25, 0.3) is 5.70 Å². The summed E-state index contributed by atoms with van der Waals surface area (Å²) in [5.74, 6) is 0.0807. The number of likely N-dealkylation sites (tertiary alicyclic amines) is 1. The minimum absolute atomic E-state index is 0.0807. The van der Waals surface area contributed by atoms with Crippen LogP contribution in [0.5, 0.6) is 0 Å². The molecule has 0 aliphatic carbocycles. The molecule has 3 N–H and O–H groups in total. The second-order valence-electron chi connectivity index (χ2n) is 9.87. The predicted molar refractivity (Wildman–Crippen MR) is 157 cm³/mol. The molecular formula is C30H30ClN7O. The van der Waals surface area contributed by atoms with Gasteiger partial charge in [-0.3, -0.25) is 14.8 Å². The number of aromatic nitrogens is 1. The number of amides is 1. The number of halogens is 1. The number of benzene rings is 2. The Morgan fingerprint density at radius 2 is 1.87 bits per heavy atom. The van der Waals surface area contributed by atoms with Gasteiger partial charge in [-0.05, 0) is 68.4 Å². The quantitative estimate of drug-likeness (QED) is 0.452. The van der Waals surface area contributed by atoms with Gasteiger partial charge >= 0.3 is 0 Å². The summed E-state index contributed by atoms with van der Waals surface area (Å²) in [7, 11) is 1.98. The van der Waals surface area contributed by atoms with Crippen molar-refractivity contribution < 1.29 is 4.79 Å². The molecular weight excluding hydrogens is 510 g/mol. The number of nitrogens with zero attached hydrogens (tertiary/aromatic N) is 4. The second-order valence-corrected chi connectivity index (χ2v) is 10.3. The summed E-state index contributed by atoms with van der Waals surface area (Å²) < 4.78 is 0. The molecule has 8 nitrogen and oxygen atoms in total. The van der Waals surface area contributed by atoms with Crippen molar-refractivity contribution in [1.82, 2.24) is 20.5 Å². The van der Waals surface area contributed by atoms with Crippen LogP contribution in [-0.2, 0) is 0 Å². The Kier molecular flexibility index (Phi) is 7.13. The van der Waals surface area contributed by atoms with Gasteiger partial charge in [-0.2, -0.15) is 0 Å². The van der Waals surface area contributed by atoms with Crippen molar-refractivity contribution in [3.8, 4) is 0 Å². The Hall–Kier alpha value is -4.01. The topological polar surface area (TPSA) is 94.0 Å². The van der Waals surface area contributed by atoms with E-state index in [2.05, 4.69) is 25.9 Å². The second kappa shape index (κ2) is 11.0. The Balaban J connectivity index is 1.18. The average Bonchev–Trinajstić information content (AvgIpc) is 3.14. The predicted octanol–water partition coefficient (Wildman–Crippen LogP) is 4.19. The number of rotatable bonds is 5. The Morgan fingerprint density at radius 3 is 2.62 bits per heavy atom. The standard InChI is InChI=1S/C30H30ClN7O/c1-32-22-11-14-38(15-12-22)29(39)19-5-8-23(9-6-19)36-30-35-18-20-17-34-28(26-4-2-3-13-33-26)25-16-21(31)7-10-24(25)27(20)37-30/h2-10,13,16,18,22,30,32,36-37H,11-12,14-15,17H2,1H3. The zero-order valence-electron chi connectivity index (χ0n) is 21.7. The van der Waals surface area contributed by atoms with Crippen LogP contribution in [0.15, 0.2) is 82.4 Å². The lowest BCUT2D eigenvalue weighted by molar-refractivity contribution is 0.0707. The van der Waals surface area contributed by atoms with Crippen LogP contribution >= 0.6 is 11.6 Å². The SMILES string of the molecule is CNC1CCN(C(=O)c2ccc(NC3N=CC4=C(N3)c3ccc(Cl)cc3C(c3ccccn3)=NC4)cc2)CC1. The molecule has 1 unspecified atom stereocenters. The zero-order chi connectivity index (χ0) is 26.8. The molecule has 39 heavy (non-hydrogen) atoms. The lowest BCUT2D eigenvalue weighted by atomic mass is 9.97. The number of pyridine rings is 1. The summed E-state index contributed by atoms with van der Waals surface area (Å²) in [6, 6.07) is 19.7. The van der Waals surface area contributed by atoms with Crippen LogP contribution in [-0.4, -0.2) is 66.7 Å². The molecule has 198 valence electrons. The van der Waals surface area contributed by atoms with Crippen LogP contribution in [0.1, 0.15) is 40.0 Å². The third-order valence-corrected chi connectivity index (χ3v) is 7.66. The van der Waals surface area contributed by atoms with Gasteiger partial charge in [0.15, 0.2) is 6.29 Å². The molecule has 1 amide bonds. The number of nitrogens with one attached hydrogen (secondary N) is 3. The normalized spacial score (nSPS) is 19.0.